The summed E-state index contributed by atoms with van der Waals surface area (Å²) in [4.78, 5) is 4.24. The molecule has 0 spiro atoms. The van der Waals surface area contributed by atoms with Gasteiger partial charge in [-0.3, -0.25) is 0 Å². The number of hydrogen-bond acceptors (Lipinski definition) is 3. The lowest BCUT2D eigenvalue weighted by molar-refractivity contribution is 0.305. The van der Waals surface area contributed by atoms with Gasteiger partial charge in [0.05, 0.1) is 5.69 Å². The molecule has 1 atom stereocenters. The second-order valence-corrected chi connectivity index (χ2v) is 6.75. The number of nitrogens with zero attached hydrogens (tertiary/aromatic N) is 1. The average Bonchev–Trinajstić information content (AvgIpc) is 2.24. The molecule has 1 N–H and O–H groups in total. The highest BCUT2D eigenvalue weighted by atomic mass is 79.9. The van der Waals surface area contributed by atoms with Crippen molar-refractivity contribution in [2.24, 2.45) is 5.41 Å². The van der Waals surface area contributed by atoms with Crippen molar-refractivity contribution in [3.05, 3.63) is 22.9 Å². The van der Waals surface area contributed by atoms with Crippen LogP contribution in [0.15, 0.2) is 22.9 Å². The lowest BCUT2D eigenvalue weighted by Gasteiger charge is -2.39. The molecule has 1 unspecified atom stereocenters. The fourth-order valence-corrected chi connectivity index (χ4v) is 3.83. The predicted molar refractivity (Wildman–Crippen MR) is 75.1 cm³/mol. The van der Waals surface area contributed by atoms with Crippen LogP contribution in [-0.2, 0) is 0 Å². The van der Waals surface area contributed by atoms with E-state index in [1.54, 1.807) is 6.20 Å². The van der Waals surface area contributed by atoms with Crippen LogP contribution in [0.2, 0.25) is 0 Å². The Balaban J connectivity index is 2.12. The van der Waals surface area contributed by atoms with Crippen LogP contribution in [0, 0.1) is 5.41 Å². The normalized spacial score (nSPS) is 24.1. The lowest BCUT2D eigenvalue weighted by atomic mass is 9.82. The zero-order chi connectivity index (χ0) is 11.6. The summed E-state index contributed by atoms with van der Waals surface area (Å²) in [5, 5.41) is 3.61. The lowest BCUT2D eigenvalue weighted by Crippen LogP contribution is -2.41. The Kier molecular flexibility index (Phi) is 3.80. The maximum absolute atomic E-state index is 4.24. The molecule has 2 rings (SSSR count). The zero-order valence-corrected chi connectivity index (χ0v) is 12.1. The smallest absolute Gasteiger partial charge is 0.129 e. The first kappa shape index (κ1) is 12.2. The summed E-state index contributed by atoms with van der Waals surface area (Å²) in [6.45, 7) is 4.68. The van der Waals surface area contributed by atoms with Gasteiger partial charge in [0, 0.05) is 18.0 Å². The minimum Gasteiger partial charge on any atom is -0.379 e. The van der Waals surface area contributed by atoms with Crippen LogP contribution in [-0.4, -0.2) is 22.5 Å². The van der Waals surface area contributed by atoms with Gasteiger partial charge in [-0.05, 0) is 45.7 Å². The van der Waals surface area contributed by atoms with Gasteiger partial charge in [0.15, 0.2) is 0 Å². The number of thioether (sulfide) groups is 1. The summed E-state index contributed by atoms with van der Waals surface area (Å²) in [5.41, 5.74) is 1.46. The molecule has 0 radical (unpaired) electrons. The van der Waals surface area contributed by atoms with Crippen LogP contribution >= 0.6 is 27.7 Å². The molecule has 2 nitrogen and oxygen atoms in total. The number of halogens is 1. The first-order valence-electron chi connectivity index (χ1n) is 5.54. The van der Waals surface area contributed by atoms with Gasteiger partial charge in [-0.2, -0.15) is 11.8 Å². The van der Waals surface area contributed by atoms with Crippen molar-refractivity contribution < 1.29 is 0 Å². The van der Waals surface area contributed by atoms with E-state index in [4.69, 9.17) is 0 Å². The molecule has 1 aliphatic rings. The fourth-order valence-electron chi connectivity index (χ4n) is 1.85. The minimum absolute atomic E-state index is 0.362. The molecule has 2 heterocycles. The van der Waals surface area contributed by atoms with Gasteiger partial charge >= 0.3 is 0 Å². The summed E-state index contributed by atoms with van der Waals surface area (Å²) in [6, 6.07) is 4.56. The third-order valence-corrected chi connectivity index (χ3v) is 4.90. The third-order valence-electron chi connectivity index (χ3n) is 3.21. The summed E-state index contributed by atoms with van der Waals surface area (Å²) in [7, 11) is 0. The second-order valence-electron chi connectivity index (χ2n) is 4.85. The van der Waals surface area contributed by atoms with E-state index in [1.165, 1.54) is 17.9 Å². The second kappa shape index (κ2) is 4.96. The van der Waals surface area contributed by atoms with Gasteiger partial charge < -0.3 is 5.32 Å². The van der Waals surface area contributed by atoms with E-state index in [-0.39, 0.29) is 0 Å². The molecule has 1 aliphatic heterocycles. The quantitative estimate of drug-likeness (QED) is 0.841. The Hall–Kier alpha value is -0.220. The molecular weight excluding hydrogens is 284 g/mol. The maximum atomic E-state index is 4.24. The number of anilines is 1. The minimum atomic E-state index is 0.362. The largest absolute Gasteiger partial charge is 0.379 e. The van der Waals surface area contributed by atoms with E-state index >= 15 is 0 Å². The molecule has 0 aliphatic carbocycles. The zero-order valence-electron chi connectivity index (χ0n) is 9.66. The molecule has 0 aromatic carbocycles. The molecular formula is C12H17BrN2S. The molecule has 1 aromatic heterocycles. The van der Waals surface area contributed by atoms with Crippen molar-refractivity contribution in [3.63, 3.8) is 0 Å². The first-order valence-corrected chi connectivity index (χ1v) is 7.49. The number of hydrogen-bond donors (Lipinski definition) is 1. The van der Waals surface area contributed by atoms with Crippen LogP contribution < -0.4 is 5.32 Å². The molecule has 1 aromatic rings. The molecule has 1 fully saturated rings. The van der Waals surface area contributed by atoms with Crippen molar-refractivity contribution in [1.82, 2.24) is 4.98 Å². The molecule has 0 bridgehead atoms. The Morgan fingerprint density at radius 1 is 1.56 bits per heavy atom. The van der Waals surface area contributed by atoms with Crippen LogP contribution in [0.5, 0.6) is 0 Å². The maximum Gasteiger partial charge on any atom is 0.129 e. The molecule has 0 amide bonds. The van der Waals surface area contributed by atoms with Crippen LogP contribution in [0.25, 0.3) is 0 Å². The topological polar surface area (TPSA) is 24.9 Å². The monoisotopic (exact) mass is 300 g/mol. The molecule has 4 heteroatoms. The Morgan fingerprint density at radius 3 is 3.06 bits per heavy atom. The highest BCUT2D eigenvalue weighted by molar-refractivity contribution is 9.10. The number of pyridine rings is 1. The highest BCUT2D eigenvalue weighted by Gasteiger charge is 2.32. The van der Waals surface area contributed by atoms with E-state index in [9.17, 15) is 0 Å². The van der Waals surface area contributed by atoms with Crippen molar-refractivity contribution in [3.8, 4) is 0 Å². The van der Waals surface area contributed by atoms with Crippen LogP contribution in [0.1, 0.15) is 20.3 Å². The molecule has 16 heavy (non-hydrogen) atoms. The van der Waals surface area contributed by atoms with E-state index in [2.05, 4.69) is 46.1 Å². The van der Waals surface area contributed by atoms with E-state index in [0.717, 1.165) is 10.3 Å². The number of aromatic nitrogens is 1. The third kappa shape index (κ3) is 2.72. The summed E-state index contributed by atoms with van der Waals surface area (Å²) in [5.74, 6) is 2.45. The number of rotatable bonds is 2. The van der Waals surface area contributed by atoms with Crippen molar-refractivity contribution in [2.75, 3.05) is 16.8 Å². The molecule has 1 saturated heterocycles. The number of nitrogens with one attached hydrogen (secondary N) is 1. The van der Waals surface area contributed by atoms with Crippen LogP contribution in [0.3, 0.4) is 0 Å². The van der Waals surface area contributed by atoms with Crippen molar-refractivity contribution in [2.45, 2.75) is 26.3 Å². The average molecular weight is 301 g/mol. The van der Waals surface area contributed by atoms with Gasteiger partial charge in [0.1, 0.15) is 4.60 Å². The van der Waals surface area contributed by atoms with Gasteiger partial charge in [-0.25, -0.2) is 4.98 Å². The standard InChI is InChI=1S/C12H17BrN2S/c1-12(2)5-7-16-8-10(12)15-9-4-3-6-14-11(9)13/h3-4,6,10,15H,5,7-8H2,1-2H3. The van der Waals surface area contributed by atoms with Crippen molar-refractivity contribution >= 4 is 33.4 Å². The Labute approximate surface area is 110 Å². The SMILES string of the molecule is CC1(C)CCSCC1Nc1cccnc1Br. The Morgan fingerprint density at radius 2 is 2.38 bits per heavy atom. The van der Waals surface area contributed by atoms with Gasteiger partial charge in [-0.15, -0.1) is 0 Å². The first-order chi connectivity index (χ1) is 7.59. The van der Waals surface area contributed by atoms with E-state index < -0.39 is 0 Å². The summed E-state index contributed by atoms with van der Waals surface area (Å²) < 4.78 is 0.904. The van der Waals surface area contributed by atoms with Gasteiger partial charge in [0.25, 0.3) is 0 Å². The highest BCUT2D eigenvalue weighted by Crippen LogP contribution is 2.36. The Bertz CT molecular complexity index is 368. The summed E-state index contributed by atoms with van der Waals surface area (Å²) in [6.07, 6.45) is 3.07. The van der Waals surface area contributed by atoms with E-state index in [1.807, 2.05) is 17.8 Å². The van der Waals surface area contributed by atoms with E-state index in [0.29, 0.717) is 11.5 Å². The fraction of sp³-hybridized carbons (Fsp3) is 0.583. The van der Waals surface area contributed by atoms with Gasteiger partial charge in [0.2, 0.25) is 0 Å². The van der Waals surface area contributed by atoms with Crippen molar-refractivity contribution in [1.29, 1.82) is 0 Å². The summed E-state index contributed by atoms with van der Waals surface area (Å²) >= 11 is 5.51. The van der Waals surface area contributed by atoms with Gasteiger partial charge in [-0.1, -0.05) is 13.8 Å². The molecule has 88 valence electrons. The molecule has 0 saturated carbocycles. The van der Waals surface area contributed by atoms with Crippen LogP contribution in [0.4, 0.5) is 5.69 Å². The predicted octanol–water partition coefficient (Wildman–Crippen LogP) is 3.79.